The summed E-state index contributed by atoms with van der Waals surface area (Å²) in [6.07, 6.45) is 2.95. The summed E-state index contributed by atoms with van der Waals surface area (Å²) in [4.78, 5) is 10.3. The van der Waals surface area contributed by atoms with Gasteiger partial charge in [-0.15, -0.1) is 0 Å². The molecule has 1 fully saturated rings. The van der Waals surface area contributed by atoms with E-state index in [2.05, 4.69) is 37.5 Å². The Balaban J connectivity index is 2.16. The quantitative estimate of drug-likeness (QED) is 0.459. The van der Waals surface area contributed by atoms with E-state index in [1.54, 1.807) is 6.20 Å². The summed E-state index contributed by atoms with van der Waals surface area (Å²) in [7, 11) is 0. The summed E-state index contributed by atoms with van der Waals surface area (Å²) < 4.78 is 6.38. The molecule has 1 aromatic rings. The van der Waals surface area contributed by atoms with Crippen LogP contribution in [0.3, 0.4) is 0 Å². The number of nitrogens with zero attached hydrogens (tertiary/aromatic N) is 3. The Hall–Kier alpha value is -0.960. The van der Waals surface area contributed by atoms with Crippen molar-refractivity contribution >= 4 is 34.2 Å². The van der Waals surface area contributed by atoms with Crippen LogP contribution in [0.25, 0.3) is 0 Å². The number of rotatable bonds is 2. The number of ether oxygens (including phenoxy) is 1. The normalized spacial score (nSPS) is 20.8. The third-order valence-electron chi connectivity index (χ3n) is 2.36. The molecule has 0 amide bonds. The predicted molar refractivity (Wildman–Crippen MR) is 68.6 cm³/mol. The molecule has 1 unspecified atom stereocenters. The van der Waals surface area contributed by atoms with Crippen molar-refractivity contribution < 1.29 is 4.74 Å². The average molecular weight is 333 g/mol. The Morgan fingerprint density at radius 1 is 1.69 bits per heavy atom. The second kappa shape index (κ2) is 4.91. The molecule has 2 heterocycles. The van der Waals surface area contributed by atoms with Crippen LogP contribution >= 0.6 is 22.6 Å². The van der Waals surface area contributed by atoms with Crippen molar-refractivity contribution in [3.8, 4) is 0 Å². The summed E-state index contributed by atoms with van der Waals surface area (Å²) in [5.41, 5.74) is 5.44. The van der Waals surface area contributed by atoms with Crippen molar-refractivity contribution in [2.24, 2.45) is 5.73 Å². The lowest BCUT2D eigenvalue weighted by atomic mass is 10.2. The second-order valence-corrected chi connectivity index (χ2v) is 4.62. The molecule has 0 radical (unpaired) electrons. The minimum Gasteiger partial charge on any atom is -0.385 e. The van der Waals surface area contributed by atoms with Gasteiger partial charge < -0.3 is 15.4 Å². The molecule has 2 rings (SSSR count). The maximum atomic E-state index is 7.39. The van der Waals surface area contributed by atoms with Gasteiger partial charge in [-0.3, -0.25) is 5.41 Å². The second-order valence-electron chi connectivity index (χ2n) is 3.46. The molecule has 0 aromatic carbocycles. The zero-order valence-corrected chi connectivity index (χ0v) is 10.7. The molecule has 3 N–H and O–H groups in total. The molecule has 0 aliphatic carbocycles. The lowest BCUT2D eigenvalue weighted by molar-refractivity contribution is 0.0822. The van der Waals surface area contributed by atoms with Gasteiger partial charge in [0.2, 0.25) is 0 Å². The molecule has 1 aliphatic rings. The van der Waals surface area contributed by atoms with E-state index in [0.717, 1.165) is 15.9 Å². The maximum absolute atomic E-state index is 7.39. The van der Waals surface area contributed by atoms with Crippen molar-refractivity contribution in [2.75, 3.05) is 24.6 Å². The molecule has 16 heavy (non-hydrogen) atoms. The van der Waals surface area contributed by atoms with E-state index in [0.29, 0.717) is 13.2 Å². The Morgan fingerprint density at radius 3 is 3.19 bits per heavy atom. The number of anilines is 1. The molecule has 0 bridgehead atoms. The molecule has 0 spiro atoms. The summed E-state index contributed by atoms with van der Waals surface area (Å²) in [6.45, 7) is 1.89. The van der Waals surface area contributed by atoms with Crippen molar-refractivity contribution in [3.05, 3.63) is 16.1 Å². The van der Waals surface area contributed by atoms with Crippen LogP contribution in [0.4, 0.5) is 5.82 Å². The summed E-state index contributed by atoms with van der Waals surface area (Å²) in [5.74, 6) is 0.943. The maximum Gasteiger partial charge on any atom is 0.145 e. The van der Waals surface area contributed by atoms with Gasteiger partial charge in [0.15, 0.2) is 0 Å². The van der Waals surface area contributed by atoms with Gasteiger partial charge in [-0.25, -0.2) is 9.97 Å². The lowest BCUT2D eigenvalue weighted by Crippen LogP contribution is -2.48. The fourth-order valence-electron chi connectivity index (χ4n) is 1.57. The number of halogens is 1. The Morgan fingerprint density at radius 2 is 2.50 bits per heavy atom. The first-order valence-electron chi connectivity index (χ1n) is 4.84. The topological polar surface area (TPSA) is 88.1 Å². The molecular formula is C9H12IN5O. The van der Waals surface area contributed by atoms with E-state index < -0.39 is 0 Å². The zero-order valence-electron chi connectivity index (χ0n) is 8.56. The summed E-state index contributed by atoms with van der Waals surface area (Å²) >= 11 is 2.19. The average Bonchev–Trinajstić information content (AvgIpc) is 2.30. The highest BCUT2D eigenvalue weighted by Crippen LogP contribution is 2.20. The molecule has 86 valence electrons. The van der Waals surface area contributed by atoms with Gasteiger partial charge in [0.25, 0.3) is 0 Å². The van der Waals surface area contributed by atoms with Crippen LogP contribution in [-0.2, 0) is 4.74 Å². The first-order valence-corrected chi connectivity index (χ1v) is 5.92. The van der Waals surface area contributed by atoms with E-state index in [4.69, 9.17) is 15.9 Å². The van der Waals surface area contributed by atoms with E-state index in [1.807, 2.05) is 0 Å². The molecule has 1 aromatic heterocycles. The zero-order chi connectivity index (χ0) is 11.5. The molecular weight excluding hydrogens is 321 g/mol. The van der Waals surface area contributed by atoms with Gasteiger partial charge >= 0.3 is 0 Å². The highest BCUT2D eigenvalue weighted by molar-refractivity contribution is 14.1. The smallest absolute Gasteiger partial charge is 0.145 e. The first-order chi connectivity index (χ1) is 7.68. The molecule has 0 saturated carbocycles. The largest absolute Gasteiger partial charge is 0.385 e. The van der Waals surface area contributed by atoms with E-state index in [1.165, 1.54) is 6.33 Å². The van der Waals surface area contributed by atoms with Gasteiger partial charge in [0.1, 0.15) is 24.1 Å². The standard InChI is InChI=1S/C9H12IN5O/c10-6-3-13-5-14-9(6)15-1-2-16-7(4-15)8(11)12/h3,5,7H,1-2,4H2,(H3,11,12). The van der Waals surface area contributed by atoms with Crippen LogP contribution in [0.15, 0.2) is 12.5 Å². The van der Waals surface area contributed by atoms with Gasteiger partial charge in [-0.05, 0) is 22.6 Å². The summed E-state index contributed by atoms with van der Waals surface area (Å²) in [6, 6.07) is 0. The van der Waals surface area contributed by atoms with Crippen molar-refractivity contribution in [3.63, 3.8) is 0 Å². The van der Waals surface area contributed by atoms with E-state index in [9.17, 15) is 0 Å². The molecule has 6 nitrogen and oxygen atoms in total. The first kappa shape index (κ1) is 11.5. The van der Waals surface area contributed by atoms with Gasteiger partial charge in [0.05, 0.1) is 16.7 Å². The van der Waals surface area contributed by atoms with Crippen molar-refractivity contribution in [1.29, 1.82) is 5.41 Å². The number of aromatic nitrogens is 2. The molecule has 1 saturated heterocycles. The SMILES string of the molecule is N=C(N)C1CN(c2ncncc2I)CCO1. The van der Waals surface area contributed by atoms with Crippen LogP contribution in [0.2, 0.25) is 0 Å². The van der Waals surface area contributed by atoms with Crippen LogP contribution in [0, 0.1) is 8.98 Å². The van der Waals surface area contributed by atoms with E-state index in [-0.39, 0.29) is 11.9 Å². The third-order valence-corrected chi connectivity index (χ3v) is 3.12. The van der Waals surface area contributed by atoms with Crippen molar-refractivity contribution in [1.82, 2.24) is 9.97 Å². The van der Waals surface area contributed by atoms with Gasteiger partial charge in [-0.2, -0.15) is 0 Å². The number of amidine groups is 1. The Bertz CT molecular complexity index is 399. The Kier molecular flexibility index (Phi) is 3.54. The van der Waals surface area contributed by atoms with Crippen LogP contribution in [0.5, 0.6) is 0 Å². The van der Waals surface area contributed by atoms with Crippen molar-refractivity contribution in [2.45, 2.75) is 6.10 Å². The lowest BCUT2D eigenvalue weighted by Gasteiger charge is -2.33. The highest BCUT2D eigenvalue weighted by Gasteiger charge is 2.24. The number of hydrogen-bond donors (Lipinski definition) is 2. The Labute approximate surface area is 107 Å². The minimum absolute atomic E-state index is 0.0637. The highest BCUT2D eigenvalue weighted by atomic mass is 127. The third kappa shape index (κ3) is 2.40. The van der Waals surface area contributed by atoms with Crippen LogP contribution in [-0.4, -0.2) is 41.6 Å². The fourth-order valence-corrected chi connectivity index (χ4v) is 2.21. The van der Waals surface area contributed by atoms with E-state index >= 15 is 0 Å². The number of hydrogen-bond acceptors (Lipinski definition) is 5. The van der Waals surface area contributed by atoms with Gasteiger partial charge in [-0.1, -0.05) is 0 Å². The fraction of sp³-hybridized carbons (Fsp3) is 0.444. The summed E-state index contributed by atoms with van der Waals surface area (Å²) in [5, 5.41) is 7.39. The number of nitrogens with one attached hydrogen (secondary N) is 1. The minimum atomic E-state index is -0.334. The van der Waals surface area contributed by atoms with Gasteiger partial charge in [0, 0.05) is 12.7 Å². The molecule has 7 heteroatoms. The van der Waals surface area contributed by atoms with Crippen LogP contribution in [0.1, 0.15) is 0 Å². The molecule has 1 atom stereocenters. The number of morpholine rings is 1. The van der Waals surface area contributed by atoms with Crippen LogP contribution < -0.4 is 10.6 Å². The predicted octanol–water partition coefficient (Wildman–Crippen LogP) is 0.222. The monoisotopic (exact) mass is 333 g/mol. The molecule has 1 aliphatic heterocycles. The number of nitrogens with two attached hydrogens (primary N) is 1.